The van der Waals surface area contributed by atoms with Crippen LogP contribution in [0.15, 0.2) is 102 Å². The Morgan fingerprint density at radius 1 is 0.688 bits per heavy atom. The van der Waals surface area contributed by atoms with Gasteiger partial charge in [0.2, 0.25) is 0 Å². The van der Waals surface area contributed by atoms with E-state index in [2.05, 4.69) is 114 Å². The molecule has 1 aliphatic rings. The summed E-state index contributed by atoms with van der Waals surface area (Å²) in [5, 5.41) is 9.83. The van der Waals surface area contributed by atoms with Gasteiger partial charge in [0.05, 0.1) is 5.71 Å². The van der Waals surface area contributed by atoms with E-state index < -0.39 is 0 Å². The number of hydrazone groups is 1. The number of nitrogens with zero attached hydrogens (tertiary/aromatic N) is 3. The normalized spacial score (nSPS) is 15.3. The smallest absolute Gasteiger partial charge is 0.0646 e. The van der Waals surface area contributed by atoms with Crippen LogP contribution in [-0.4, -0.2) is 41.8 Å². The molecule has 4 aromatic carbocycles. The Kier molecular flexibility index (Phi) is 6.00. The second-order valence-corrected chi connectivity index (χ2v) is 8.50. The number of fused-ring (bicyclic) bond motifs is 1. The average Bonchev–Trinajstić information content (AvgIpc) is 2.86. The molecule has 0 N–H and O–H groups in total. The second kappa shape index (κ2) is 9.37. The highest BCUT2D eigenvalue weighted by Crippen LogP contribution is 2.21. The highest BCUT2D eigenvalue weighted by atomic mass is 15.5. The Balaban J connectivity index is 1.20. The standard InChI is InChI=1S/C29H29N3/c1-23(24-14-16-26(17-15-24)25-8-3-2-4-9-25)30-32-20-18-31(19-21-32)22-28-12-7-11-27-10-5-6-13-29(27)28/h2-17H,18-22H2,1H3. The van der Waals surface area contributed by atoms with Crippen LogP contribution in [0, 0.1) is 0 Å². The van der Waals surface area contributed by atoms with Crippen molar-refractivity contribution in [2.24, 2.45) is 5.10 Å². The zero-order chi connectivity index (χ0) is 21.8. The minimum absolute atomic E-state index is 0.963. The molecule has 1 aliphatic heterocycles. The molecular formula is C29H29N3. The molecular weight excluding hydrogens is 390 g/mol. The first-order valence-electron chi connectivity index (χ1n) is 11.4. The zero-order valence-electron chi connectivity index (χ0n) is 18.6. The zero-order valence-corrected chi connectivity index (χ0v) is 18.6. The number of benzene rings is 4. The van der Waals surface area contributed by atoms with Crippen molar-refractivity contribution in [1.29, 1.82) is 0 Å². The molecule has 160 valence electrons. The lowest BCUT2D eigenvalue weighted by atomic mass is 10.0. The summed E-state index contributed by atoms with van der Waals surface area (Å²) in [6.45, 7) is 7.10. The van der Waals surface area contributed by atoms with Crippen LogP contribution in [0.3, 0.4) is 0 Å². The molecule has 0 amide bonds. The fraction of sp³-hybridized carbons (Fsp3) is 0.207. The van der Waals surface area contributed by atoms with E-state index in [-0.39, 0.29) is 0 Å². The lowest BCUT2D eigenvalue weighted by Gasteiger charge is -2.33. The van der Waals surface area contributed by atoms with Gasteiger partial charge in [-0.3, -0.25) is 9.91 Å². The van der Waals surface area contributed by atoms with Crippen LogP contribution in [0.1, 0.15) is 18.1 Å². The van der Waals surface area contributed by atoms with Gasteiger partial charge in [-0.05, 0) is 39.9 Å². The van der Waals surface area contributed by atoms with E-state index in [1.807, 2.05) is 0 Å². The van der Waals surface area contributed by atoms with E-state index in [1.54, 1.807) is 0 Å². The fourth-order valence-electron chi connectivity index (χ4n) is 4.47. The second-order valence-electron chi connectivity index (χ2n) is 8.50. The monoisotopic (exact) mass is 419 g/mol. The molecule has 32 heavy (non-hydrogen) atoms. The highest BCUT2D eigenvalue weighted by Gasteiger charge is 2.17. The van der Waals surface area contributed by atoms with Crippen molar-refractivity contribution in [3.05, 3.63) is 108 Å². The van der Waals surface area contributed by atoms with Gasteiger partial charge in [0.25, 0.3) is 0 Å². The van der Waals surface area contributed by atoms with Gasteiger partial charge in [0, 0.05) is 32.7 Å². The van der Waals surface area contributed by atoms with Crippen LogP contribution < -0.4 is 0 Å². The lowest BCUT2D eigenvalue weighted by Crippen LogP contribution is -2.43. The van der Waals surface area contributed by atoms with Gasteiger partial charge in [0.15, 0.2) is 0 Å². The summed E-state index contributed by atoms with van der Waals surface area (Å²) in [7, 11) is 0. The fourth-order valence-corrected chi connectivity index (χ4v) is 4.47. The number of hydrogen-bond acceptors (Lipinski definition) is 3. The van der Waals surface area contributed by atoms with E-state index in [0.717, 1.165) is 38.4 Å². The van der Waals surface area contributed by atoms with Gasteiger partial charge in [0.1, 0.15) is 0 Å². The van der Waals surface area contributed by atoms with E-state index in [9.17, 15) is 0 Å². The third-order valence-electron chi connectivity index (χ3n) is 6.32. The summed E-state index contributed by atoms with van der Waals surface area (Å²) in [6, 6.07) is 34.5. The van der Waals surface area contributed by atoms with Gasteiger partial charge in [-0.15, -0.1) is 0 Å². The Morgan fingerprint density at radius 3 is 2.12 bits per heavy atom. The van der Waals surface area contributed by atoms with Crippen molar-refractivity contribution in [2.45, 2.75) is 13.5 Å². The molecule has 3 heteroatoms. The maximum Gasteiger partial charge on any atom is 0.0646 e. The molecule has 0 aliphatic carbocycles. The maximum atomic E-state index is 4.92. The quantitative estimate of drug-likeness (QED) is 0.367. The van der Waals surface area contributed by atoms with Crippen molar-refractivity contribution in [1.82, 2.24) is 9.91 Å². The number of hydrogen-bond donors (Lipinski definition) is 0. The predicted octanol–water partition coefficient (Wildman–Crippen LogP) is 6.05. The summed E-state index contributed by atoms with van der Waals surface area (Å²) < 4.78 is 0. The van der Waals surface area contributed by atoms with Crippen molar-refractivity contribution in [3.63, 3.8) is 0 Å². The van der Waals surface area contributed by atoms with Crippen LogP contribution in [0.25, 0.3) is 21.9 Å². The Morgan fingerprint density at radius 2 is 1.34 bits per heavy atom. The largest absolute Gasteiger partial charge is 0.295 e. The average molecular weight is 420 g/mol. The first-order valence-corrected chi connectivity index (χ1v) is 11.4. The minimum Gasteiger partial charge on any atom is -0.295 e. The van der Waals surface area contributed by atoms with Crippen LogP contribution >= 0.6 is 0 Å². The SMILES string of the molecule is CC(=NN1CCN(Cc2cccc3ccccc23)CC1)c1ccc(-c2ccccc2)cc1. The van der Waals surface area contributed by atoms with E-state index in [1.165, 1.54) is 33.0 Å². The molecule has 1 saturated heterocycles. The van der Waals surface area contributed by atoms with E-state index in [4.69, 9.17) is 5.10 Å². The van der Waals surface area contributed by atoms with Gasteiger partial charge in [-0.25, -0.2) is 0 Å². The summed E-state index contributed by atoms with van der Waals surface area (Å²) in [5.41, 5.74) is 6.16. The summed E-state index contributed by atoms with van der Waals surface area (Å²) in [5.74, 6) is 0. The molecule has 0 unspecified atom stereocenters. The molecule has 0 spiro atoms. The van der Waals surface area contributed by atoms with Crippen molar-refractivity contribution in [2.75, 3.05) is 26.2 Å². The topological polar surface area (TPSA) is 18.8 Å². The molecule has 3 nitrogen and oxygen atoms in total. The maximum absolute atomic E-state index is 4.92. The highest BCUT2D eigenvalue weighted by molar-refractivity contribution is 5.98. The summed E-state index contributed by atoms with van der Waals surface area (Å²) in [6.07, 6.45) is 0. The van der Waals surface area contributed by atoms with E-state index in [0.29, 0.717) is 0 Å². The first kappa shape index (κ1) is 20.5. The van der Waals surface area contributed by atoms with Gasteiger partial charge in [-0.1, -0.05) is 97.1 Å². The van der Waals surface area contributed by atoms with Crippen LogP contribution in [0.5, 0.6) is 0 Å². The lowest BCUT2D eigenvalue weighted by molar-refractivity contribution is 0.131. The van der Waals surface area contributed by atoms with E-state index >= 15 is 0 Å². The molecule has 5 rings (SSSR count). The Bertz CT molecular complexity index is 1200. The number of rotatable bonds is 5. The van der Waals surface area contributed by atoms with Crippen LogP contribution in [0.4, 0.5) is 0 Å². The van der Waals surface area contributed by atoms with Gasteiger partial charge >= 0.3 is 0 Å². The molecule has 0 aromatic heterocycles. The Labute approximate surface area is 190 Å². The molecule has 0 saturated carbocycles. The van der Waals surface area contributed by atoms with Crippen molar-refractivity contribution < 1.29 is 0 Å². The van der Waals surface area contributed by atoms with Crippen LogP contribution in [0.2, 0.25) is 0 Å². The molecule has 0 atom stereocenters. The van der Waals surface area contributed by atoms with Crippen LogP contribution in [-0.2, 0) is 6.54 Å². The molecule has 1 fully saturated rings. The summed E-state index contributed by atoms with van der Waals surface area (Å²) >= 11 is 0. The molecule has 0 radical (unpaired) electrons. The molecule has 0 bridgehead atoms. The van der Waals surface area contributed by atoms with Crippen molar-refractivity contribution in [3.8, 4) is 11.1 Å². The van der Waals surface area contributed by atoms with Crippen molar-refractivity contribution >= 4 is 16.5 Å². The third kappa shape index (κ3) is 4.58. The predicted molar refractivity (Wildman–Crippen MR) is 135 cm³/mol. The number of piperazine rings is 1. The van der Waals surface area contributed by atoms with Gasteiger partial charge < -0.3 is 0 Å². The first-order chi connectivity index (χ1) is 15.8. The third-order valence-corrected chi connectivity index (χ3v) is 6.32. The Hall–Kier alpha value is -3.43. The summed E-state index contributed by atoms with van der Waals surface area (Å²) in [4.78, 5) is 2.54. The molecule has 1 heterocycles. The molecule has 4 aromatic rings. The van der Waals surface area contributed by atoms with Gasteiger partial charge in [-0.2, -0.15) is 5.10 Å². The minimum atomic E-state index is 0.963.